The lowest BCUT2D eigenvalue weighted by Crippen LogP contribution is -2.41. The van der Waals surface area contributed by atoms with Crippen molar-refractivity contribution >= 4 is 28.5 Å². The van der Waals surface area contributed by atoms with Crippen molar-refractivity contribution in [3.8, 4) is 0 Å². The van der Waals surface area contributed by atoms with Gasteiger partial charge in [0, 0.05) is 25.7 Å². The minimum atomic E-state index is -0.226. The van der Waals surface area contributed by atoms with E-state index in [1.807, 2.05) is 19.2 Å². The highest BCUT2D eigenvalue weighted by atomic mass is 19.1. The van der Waals surface area contributed by atoms with E-state index >= 15 is 0 Å². The SMILES string of the molecule is CN(CC(=O)N1CC=C(c2ccccc2F)CC1)c1ncnc2nc[nH]c12. The summed E-state index contributed by atoms with van der Waals surface area (Å²) in [5.41, 5.74) is 2.83. The van der Waals surface area contributed by atoms with Crippen molar-refractivity contribution < 1.29 is 9.18 Å². The van der Waals surface area contributed by atoms with Gasteiger partial charge in [-0.3, -0.25) is 4.79 Å². The number of carbonyl (C=O) groups is 1. The quantitative estimate of drug-likeness (QED) is 0.766. The van der Waals surface area contributed by atoms with Gasteiger partial charge in [0.15, 0.2) is 11.5 Å². The maximum absolute atomic E-state index is 13.9. The topological polar surface area (TPSA) is 78.0 Å². The number of likely N-dealkylation sites (N-methyl/N-ethyl adjacent to an activating group) is 1. The lowest BCUT2D eigenvalue weighted by molar-refractivity contribution is -0.129. The molecule has 0 unspecified atom stereocenters. The molecule has 2 aromatic heterocycles. The smallest absolute Gasteiger partial charge is 0.242 e. The van der Waals surface area contributed by atoms with Crippen LogP contribution in [0.5, 0.6) is 0 Å². The highest BCUT2D eigenvalue weighted by Gasteiger charge is 2.21. The molecule has 0 spiro atoms. The number of aromatic nitrogens is 4. The Hall–Kier alpha value is -3.29. The molecule has 0 bridgehead atoms. The molecule has 1 aliphatic heterocycles. The molecule has 7 nitrogen and oxygen atoms in total. The summed E-state index contributed by atoms with van der Waals surface area (Å²) in [6.07, 6.45) is 5.55. The maximum Gasteiger partial charge on any atom is 0.242 e. The van der Waals surface area contributed by atoms with Gasteiger partial charge >= 0.3 is 0 Å². The van der Waals surface area contributed by atoms with Crippen molar-refractivity contribution in [2.24, 2.45) is 0 Å². The van der Waals surface area contributed by atoms with Gasteiger partial charge in [-0.25, -0.2) is 19.3 Å². The van der Waals surface area contributed by atoms with E-state index in [2.05, 4.69) is 19.9 Å². The molecule has 3 heterocycles. The number of benzene rings is 1. The normalized spacial score (nSPS) is 14.3. The van der Waals surface area contributed by atoms with Gasteiger partial charge in [0.2, 0.25) is 5.91 Å². The van der Waals surface area contributed by atoms with Crippen LogP contribution in [0.15, 0.2) is 43.0 Å². The molecular weight excluding hydrogens is 347 g/mol. The summed E-state index contributed by atoms with van der Waals surface area (Å²) in [4.78, 5) is 31.7. The Kier molecular flexibility index (Phi) is 4.53. The predicted octanol–water partition coefficient (Wildman–Crippen LogP) is 2.24. The van der Waals surface area contributed by atoms with Crippen molar-refractivity contribution in [3.63, 3.8) is 0 Å². The van der Waals surface area contributed by atoms with Gasteiger partial charge in [0.05, 0.1) is 12.9 Å². The average Bonchev–Trinajstić information content (AvgIpc) is 3.17. The molecule has 0 aliphatic carbocycles. The van der Waals surface area contributed by atoms with Crippen molar-refractivity contribution in [2.75, 3.05) is 31.6 Å². The number of fused-ring (bicyclic) bond motifs is 1. The second-order valence-electron chi connectivity index (χ2n) is 6.45. The van der Waals surface area contributed by atoms with E-state index in [9.17, 15) is 9.18 Å². The van der Waals surface area contributed by atoms with E-state index in [0.717, 1.165) is 5.57 Å². The maximum atomic E-state index is 13.9. The van der Waals surface area contributed by atoms with Crippen LogP contribution in [0.25, 0.3) is 16.7 Å². The summed E-state index contributed by atoms with van der Waals surface area (Å²) in [5, 5.41) is 0. The molecule has 27 heavy (non-hydrogen) atoms. The van der Waals surface area contributed by atoms with Gasteiger partial charge in [-0.1, -0.05) is 24.3 Å². The molecule has 0 atom stereocenters. The standard InChI is InChI=1S/C19H19FN6O/c1-25(19-17-18(22-11-21-17)23-12-24-19)10-16(27)26-8-6-13(7-9-26)14-4-2-3-5-15(14)20/h2-6,11-12H,7-10H2,1H3,(H,21,22,23,24). The molecular formula is C19H19FN6O. The number of rotatable bonds is 4. The second kappa shape index (κ2) is 7.14. The minimum absolute atomic E-state index is 0.00684. The summed E-state index contributed by atoms with van der Waals surface area (Å²) in [6, 6.07) is 6.74. The number of hydrogen-bond donors (Lipinski definition) is 1. The Labute approximate surface area is 155 Å². The zero-order valence-corrected chi connectivity index (χ0v) is 14.9. The van der Waals surface area contributed by atoms with E-state index < -0.39 is 0 Å². The van der Waals surface area contributed by atoms with Crippen LogP contribution < -0.4 is 4.90 Å². The fourth-order valence-electron chi connectivity index (χ4n) is 3.28. The highest BCUT2D eigenvalue weighted by Crippen LogP contribution is 2.25. The molecule has 1 amide bonds. The summed E-state index contributed by atoms with van der Waals surface area (Å²) in [6.45, 7) is 1.23. The monoisotopic (exact) mass is 366 g/mol. The first-order chi connectivity index (χ1) is 13.1. The molecule has 3 aromatic rings. The van der Waals surface area contributed by atoms with E-state index in [4.69, 9.17) is 0 Å². The molecule has 1 aliphatic rings. The number of carbonyl (C=O) groups excluding carboxylic acids is 1. The first-order valence-corrected chi connectivity index (χ1v) is 8.70. The lowest BCUT2D eigenvalue weighted by Gasteiger charge is -2.29. The van der Waals surface area contributed by atoms with Gasteiger partial charge in [-0.05, 0) is 18.1 Å². The second-order valence-corrected chi connectivity index (χ2v) is 6.45. The highest BCUT2D eigenvalue weighted by molar-refractivity contribution is 5.87. The zero-order chi connectivity index (χ0) is 18.8. The summed E-state index contributed by atoms with van der Waals surface area (Å²) in [5.74, 6) is 0.397. The zero-order valence-electron chi connectivity index (χ0n) is 14.9. The van der Waals surface area contributed by atoms with Crippen LogP contribution in [0, 0.1) is 5.82 Å². The van der Waals surface area contributed by atoms with Crippen molar-refractivity contribution in [3.05, 3.63) is 54.4 Å². The summed E-state index contributed by atoms with van der Waals surface area (Å²) >= 11 is 0. The number of aromatic amines is 1. The summed E-state index contributed by atoms with van der Waals surface area (Å²) < 4.78 is 13.9. The number of H-pyrrole nitrogens is 1. The molecule has 1 N–H and O–H groups in total. The first kappa shape index (κ1) is 17.1. The Morgan fingerprint density at radius 2 is 2.15 bits per heavy atom. The molecule has 8 heteroatoms. The third kappa shape index (κ3) is 3.38. The van der Waals surface area contributed by atoms with Crippen molar-refractivity contribution in [2.45, 2.75) is 6.42 Å². The van der Waals surface area contributed by atoms with Crippen LogP contribution in [0.1, 0.15) is 12.0 Å². The molecule has 0 radical (unpaired) electrons. The van der Waals surface area contributed by atoms with Crippen LogP contribution in [-0.4, -0.2) is 57.4 Å². The Morgan fingerprint density at radius 1 is 1.30 bits per heavy atom. The van der Waals surface area contributed by atoms with Crippen molar-refractivity contribution in [1.82, 2.24) is 24.8 Å². The van der Waals surface area contributed by atoms with Gasteiger partial charge in [-0.2, -0.15) is 0 Å². The first-order valence-electron chi connectivity index (χ1n) is 8.70. The molecule has 0 saturated carbocycles. The Balaban J connectivity index is 1.44. The van der Waals surface area contributed by atoms with Gasteiger partial charge in [0.1, 0.15) is 17.7 Å². The van der Waals surface area contributed by atoms with E-state index in [0.29, 0.717) is 42.1 Å². The fourth-order valence-corrected chi connectivity index (χ4v) is 3.28. The van der Waals surface area contributed by atoms with E-state index in [1.165, 1.54) is 12.4 Å². The molecule has 0 fully saturated rings. The Bertz CT molecular complexity index is 1010. The number of hydrogen-bond acceptors (Lipinski definition) is 5. The number of anilines is 1. The third-order valence-electron chi connectivity index (χ3n) is 4.72. The van der Waals surface area contributed by atoms with Crippen LogP contribution >= 0.6 is 0 Å². The van der Waals surface area contributed by atoms with Crippen LogP contribution in [-0.2, 0) is 4.79 Å². The number of amides is 1. The van der Waals surface area contributed by atoms with Crippen LogP contribution in [0.2, 0.25) is 0 Å². The third-order valence-corrected chi connectivity index (χ3v) is 4.72. The summed E-state index contributed by atoms with van der Waals surface area (Å²) in [7, 11) is 1.81. The number of imidazole rings is 1. The van der Waals surface area contributed by atoms with E-state index in [1.54, 1.807) is 28.3 Å². The fraction of sp³-hybridized carbons (Fsp3) is 0.263. The lowest BCUT2D eigenvalue weighted by atomic mass is 9.99. The predicted molar refractivity (Wildman–Crippen MR) is 101 cm³/mol. The van der Waals surface area contributed by atoms with E-state index in [-0.39, 0.29) is 18.3 Å². The molecule has 138 valence electrons. The van der Waals surface area contributed by atoms with Crippen molar-refractivity contribution in [1.29, 1.82) is 0 Å². The van der Waals surface area contributed by atoms with Gasteiger partial charge < -0.3 is 14.8 Å². The van der Waals surface area contributed by atoms with Gasteiger partial charge in [-0.15, -0.1) is 0 Å². The minimum Gasteiger partial charge on any atom is -0.348 e. The molecule has 0 saturated heterocycles. The number of nitrogens with one attached hydrogen (secondary N) is 1. The molecule has 4 rings (SSSR count). The number of halogens is 1. The molecule has 1 aromatic carbocycles. The van der Waals surface area contributed by atoms with Crippen LogP contribution in [0.3, 0.4) is 0 Å². The van der Waals surface area contributed by atoms with Gasteiger partial charge in [0.25, 0.3) is 0 Å². The Morgan fingerprint density at radius 3 is 2.93 bits per heavy atom. The number of nitrogens with zero attached hydrogens (tertiary/aromatic N) is 5. The average molecular weight is 366 g/mol. The largest absolute Gasteiger partial charge is 0.348 e. The van der Waals surface area contributed by atoms with Crippen LogP contribution in [0.4, 0.5) is 10.2 Å².